The van der Waals surface area contributed by atoms with Gasteiger partial charge in [-0.1, -0.05) is 30.3 Å². The molecular formula is C23H34N6. The van der Waals surface area contributed by atoms with Crippen molar-refractivity contribution in [1.82, 2.24) is 20.5 Å². The summed E-state index contributed by atoms with van der Waals surface area (Å²) in [5.41, 5.74) is 2.59. The molecule has 1 aliphatic heterocycles. The quantitative estimate of drug-likeness (QED) is 0.558. The van der Waals surface area contributed by atoms with E-state index in [-0.39, 0.29) is 0 Å². The summed E-state index contributed by atoms with van der Waals surface area (Å²) in [6, 6.07) is 15.2. The molecule has 0 saturated carbocycles. The van der Waals surface area contributed by atoms with Crippen LogP contribution in [0.25, 0.3) is 0 Å². The molecule has 1 saturated heterocycles. The van der Waals surface area contributed by atoms with Crippen molar-refractivity contribution in [1.29, 1.82) is 0 Å². The van der Waals surface area contributed by atoms with Crippen molar-refractivity contribution in [3.05, 3.63) is 59.8 Å². The van der Waals surface area contributed by atoms with Gasteiger partial charge in [0.1, 0.15) is 5.82 Å². The SMILES string of the molecule is CN=C(NCc1ccnc(N2CCN(C)CC2)c1)NC(C)CCc1ccccc1. The molecule has 1 fully saturated rings. The van der Waals surface area contributed by atoms with Crippen molar-refractivity contribution in [3.63, 3.8) is 0 Å². The molecule has 0 amide bonds. The summed E-state index contributed by atoms with van der Waals surface area (Å²) in [6.45, 7) is 7.16. The molecule has 6 nitrogen and oxygen atoms in total. The lowest BCUT2D eigenvalue weighted by Crippen LogP contribution is -2.45. The predicted molar refractivity (Wildman–Crippen MR) is 122 cm³/mol. The molecular weight excluding hydrogens is 360 g/mol. The first-order valence-electron chi connectivity index (χ1n) is 10.5. The van der Waals surface area contributed by atoms with E-state index < -0.39 is 0 Å². The second-order valence-corrected chi connectivity index (χ2v) is 7.81. The predicted octanol–water partition coefficient (Wildman–Crippen LogP) is 2.52. The number of anilines is 1. The fourth-order valence-electron chi connectivity index (χ4n) is 3.49. The molecule has 2 heterocycles. The Balaban J connectivity index is 1.47. The number of pyridine rings is 1. The van der Waals surface area contributed by atoms with Crippen LogP contribution in [0.15, 0.2) is 53.7 Å². The second-order valence-electron chi connectivity index (χ2n) is 7.81. The maximum absolute atomic E-state index is 4.57. The number of hydrogen-bond donors (Lipinski definition) is 2. The zero-order valence-electron chi connectivity index (χ0n) is 17.9. The smallest absolute Gasteiger partial charge is 0.191 e. The number of rotatable bonds is 7. The van der Waals surface area contributed by atoms with Crippen LogP contribution in [0.2, 0.25) is 0 Å². The topological polar surface area (TPSA) is 55.8 Å². The summed E-state index contributed by atoms with van der Waals surface area (Å²) in [7, 11) is 3.99. The Hall–Kier alpha value is -2.60. The van der Waals surface area contributed by atoms with Crippen LogP contribution in [0.3, 0.4) is 0 Å². The van der Waals surface area contributed by atoms with Crippen molar-refractivity contribution in [2.75, 3.05) is 45.2 Å². The van der Waals surface area contributed by atoms with Gasteiger partial charge in [-0.05, 0) is 50.1 Å². The molecule has 2 N–H and O–H groups in total. The molecule has 29 heavy (non-hydrogen) atoms. The van der Waals surface area contributed by atoms with Crippen LogP contribution in [0.5, 0.6) is 0 Å². The van der Waals surface area contributed by atoms with Crippen LogP contribution >= 0.6 is 0 Å². The molecule has 3 rings (SSSR count). The third-order valence-electron chi connectivity index (χ3n) is 5.41. The van der Waals surface area contributed by atoms with E-state index in [2.05, 4.69) is 86.8 Å². The lowest BCUT2D eigenvalue weighted by molar-refractivity contribution is 0.312. The average Bonchev–Trinajstić information content (AvgIpc) is 2.76. The molecule has 0 radical (unpaired) electrons. The van der Waals surface area contributed by atoms with Crippen LogP contribution < -0.4 is 15.5 Å². The molecule has 1 aromatic carbocycles. The highest BCUT2D eigenvalue weighted by molar-refractivity contribution is 5.79. The Kier molecular flexibility index (Phi) is 7.87. The lowest BCUT2D eigenvalue weighted by Gasteiger charge is -2.33. The Morgan fingerprint density at radius 2 is 1.86 bits per heavy atom. The molecule has 1 aromatic heterocycles. The van der Waals surface area contributed by atoms with E-state index in [9.17, 15) is 0 Å². The number of likely N-dealkylation sites (N-methyl/N-ethyl adjacent to an activating group) is 1. The number of aryl methyl sites for hydroxylation is 1. The van der Waals surface area contributed by atoms with Crippen molar-refractivity contribution in [3.8, 4) is 0 Å². The Morgan fingerprint density at radius 1 is 1.10 bits per heavy atom. The standard InChI is InChI=1S/C23H34N6/c1-19(9-10-20-7-5-4-6-8-20)27-23(24-2)26-18-21-11-12-25-22(17-21)29-15-13-28(3)14-16-29/h4-8,11-12,17,19H,9-10,13-16,18H2,1-3H3,(H2,24,26,27). The molecule has 6 heteroatoms. The van der Waals surface area contributed by atoms with Gasteiger partial charge in [-0.25, -0.2) is 4.98 Å². The normalized spacial score (nSPS) is 16.5. The fraction of sp³-hybridized carbons (Fsp3) is 0.478. The van der Waals surface area contributed by atoms with Crippen molar-refractivity contribution in [2.24, 2.45) is 4.99 Å². The third-order valence-corrected chi connectivity index (χ3v) is 5.41. The second kappa shape index (κ2) is 10.8. The minimum Gasteiger partial charge on any atom is -0.354 e. The van der Waals surface area contributed by atoms with Gasteiger partial charge in [0.25, 0.3) is 0 Å². The number of benzene rings is 1. The Labute approximate surface area is 175 Å². The van der Waals surface area contributed by atoms with E-state index in [0.29, 0.717) is 6.04 Å². The van der Waals surface area contributed by atoms with E-state index >= 15 is 0 Å². The highest BCUT2D eigenvalue weighted by Crippen LogP contribution is 2.14. The van der Waals surface area contributed by atoms with Crippen molar-refractivity contribution < 1.29 is 0 Å². The molecule has 156 valence electrons. The van der Waals surface area contributed by atoms with Gasteiger partial charge in [0.15, 0.2) is 5.96 Å². The Morgan fingerprint density at radius 3 is 2.59 bits per heavy atom. The van der Waals surface area contributed by atoms with Crippen molar-refractivity contribution >= 4 is 11.8 Å². The van der Waals surface area contributed by atoms with Gasteiger partial charge in [0, 0.05) is 52.0 Å². The van der Waals surface area contributed by atoms with Gasteiger partial charge in [0.2, 0.25) is 0 Å². The summed E-state index contributed by atoms with van der Waals surface area (Å²) in [6.07, 6.45) is 4.03. The largest absolute Gasteiger partial charge is 0.354 e. The van der Waals surface area contributed by atoms with E-state index in [0.717, 1.165) is 57.3 Å². The number of aromatic nitrogens is 1. The summed E-state index contributed by atoms with van der Waals surface area (Å²) >= 11 is 0. The van der Waals surface area contributed by atoms with Gasteiger partial charge >= 0.3 is 0 Å². The summed E-state index contributed by atoms with van der Waals surface area (Å²) in [4.78, 5) is 13.7. The summed E-state index contributed by atoms with van der Waals surface area (Å²) in [5.74, 6) is 1.90. The van der Waals surface area contributed by atoms with Crippen molar-refractivity contribution in [2.45, 2.75) is 32.4 Å². The van der Waals surface area contributed by atoms with Gasteiger partial charge < -0.3 is 20.4 Å². The zero-order valence-corrected chi connectivity index (χ0v) is 17.9. The zero-order chi connectivity index (χ0) is 20.5. The van der Waals surface area contributed by atoms with Crippen LogP contribution in [-0.4, -0.2) is 62.2 Å². The maximum Gasteiger partial charge on any atom is 0.191 e. The van der Waals surface area contributed by atoms with E-state index in [1.54, 1.807) is 0 Å². The minimum absolute atomic E-state index is 0.347. The van der Waals surface area contributed by atoms with E-state index in [4.69, 9.17) is 0 Å². The molecule has 0 spiro atoms. The molecule has 1 unspecified atom stereocenters. The van der Waals surface area contributed by atoms with Crippen LogP contribution in [0, 0.1) is 0 Å². The van der Waals surface area contributed by atoms with E-state index in [1.807, 2.05) is 13.2 Å². The summed E-state index contributed by atoms with van der Waals surface area (Å²) in [5, 5.41) is 6.93. The first kappa shape index (κ1) is 21.1. The van der Waals surface area contributed by atoms with Crippen LogP contribution in [-0.2, 0) is 13.0 Å². The van der Waals surface area contributed by atoms with Gasteiger partial charge in [-0.2, -0.15) is 0 Å². The first-order valence-corrected chi connectivity index (χ1v) is 10.5. The highest BCUT2D eigenvalue weighted by atomic mass is 15.3. The molecule has 0 bridgehead atoms. The van der Waals surface area contributed by atoms with E-state index in [1.165, 1.54) is 11.1 Å². The number of nitrogens with one attached hydrogen (secondary N) is 2. The molecule has 1 atom stereocenters. The number of aliphatic imine (C=N–C) groups is 1. The van der Waals surface area contributed by atoms with Gasteiger partial charge in [0.05, 0.1) is 0 Å². The highest BCUT2D eigenvalue weighted by Gasteiger charge is 2.15. The lowest BCUT2D eigenvalue weighted by atomic mass is 10.1. The minimum atomic E-state index is 0.347. The molecule has 0 aliphatic carbocycles. The van der Waals surface area contributed by atoms with Gasteiger partial charge in [-0.15, -0.1) is 0 Å². The summed E-state index contributed by atoms with van der Waals surface area (Å²) < 4.78 is 0. The van der Waals surface area contributed by atoms with Crippen LogP contribution in [0.4, 0.5) is 5.82 Å². The van der Waals surface area contributed by atoms with Gasteiger partial charge in [-0.3, -0.25) is 4.99 Å². The van der Waals surface area contributed by atoms with Crippen LogP contribution in [0.1, 0.15) is 24.5 Å². The number of piperazine rings is 1. The third kappa shape index (κ3) is 6.75. The average molecular weight is 395 g/mol. The monoisotopic (exact) mass is 394 g/mol. The number of hydrogen-bond acceptors (Lipinski definition) is 4. The number of guanidine groups is 1. The molecule has 2 aromatic rings. The first-order chi connectivity index (χ1) is 14.1. The maximum atomic E-state index is 4.57. The fourth-order valence-corrected chi connectivity index (χ4v) is 3.49. The number of nitrogens with zero attached hydrogens (tertiary/aromatic N) is 4. The Bertz CT molecular complexity index is 768. The molecule has 1 aliphatic rings.